The Morgan fingerprint density at radius 2 is 2.10 bits per heavy atom. The van der Waals surface area contributed by atoms with E-state index in [1.165, 1.54) is 0 Å². The van der Waals surface area contributed by atoms with Crippen LogP contribution < -0.4 is 0 Å². The van der Waals surface area contributed by atoms with E-state index in [1.54, 1.807) is 6.20 Å². The van der Waals surface area contributed by atoms with Crippen molar-refractivity contribution in [1.29, 1.82) is 0 Å². The van der Waals surface area contributed by atoms with Crippen molar-refractivity contribution in [2.75, 3.05) is 6.61 Å². The first kappa shape index (κ1) is 15.0. The van der Waals surface area contributed by atoms with E-state index < -0.39 is 0 Å². The lowest BCUT2D eigenvalue weighted by Crippen LogP contribution is -2.11. The van der Waals surface area contributed by atoms with E-state index in [-0.39, 0.29) is 5.97 Å². The third-order valence-electron chi connectivity index (χ3n) is 2.98. The number of pyridine rings is 1. The minimum absolute atomic E-state index is 0.160. The number of ether oxygens (including phenoxy) is 1. The molecule has 0 atom stereocenters. The molecular formula is C16H18BrNO2. The number of rotatable bonds is 5. The summed E-state index contributed by atoms with van der Waals surface area (Å²) in [4.78, 5) is 16.1. The monoisotopic (exact) mass is 335 g/mol. The number of carbonyl (C=O) groups is 1. The molecule has 0 amide bonds. The van der Waals surface area contributed by atoms with Crippen molar-refractivity contribution in [3.05, 3.63) is 40.6 Å². The zero-order chi connectivity index (χ0) is 14.5. The van der Waals surface area contributed by atoms with Crippen molar-refractivity contribution < 1.29 is 9.53 Å². The summed E-state index contributed by atoms with van der Waals surface area (Å²) in [5.74, 6) is 0.207. The van der Waals surface area contributed by atoms with Crippen LogP contribution in [0.4, 0.5) is 0 Å². The molecule has 0 N–H and O–H groups in total. The van der Waals surface area contributed by atoms with Crippen molar-refractivity contribution in [3.63, 3.8) is 0 Å². The van der Waals surface area contributed by atoms with Crippen LogP contribution in [0.1, 0.15) is 26.0 Å². The maximum absolute atomic E-state index is 11.7. The summed E-state index contributed by atoms with van der Waals surface area (Å²) in [7, 11) is 0. The molecule has 20 heavy (non-hydrogen) atoms. The molecule has 1 aromatic heterocycles. The second-order valence-corrected chi connectivity index (χ2v) is 6.02. The smallest absolute Gasteiger partial charge is 0.306 e. The molecule has 3 nitrogen and oxygen atoms in total. The maximum atomic E-state index is 11.7. The quantitative estimate of drug-likeness (QED) is 0.771. The Bertz CT molecular complexity index is 610. The third kappa shape index (κ3) is 3.79. The number of fused-ring (bicyclic) bond motifs is 1. The van der Waals surface area contributed by atoms with Gasteiger partial charge in [-0.2, -0.15) is 0 Å². The average Bonchev–Trinajstić information content (AvgIpc) is 2.43. The minimum Gasteiger partial charge on any atom is -0.465 e. The first-order valence-corrected chi connectivity index (χ1v) is 7.55. The molecule has 0 aliphatic heterocycles. The van der Waals surface area contributed by atoms with E-state index in [4.69, 9.17) is 4.74 Å². The van der Waals surface area contributed by atoms with Gasteiger partial charge in [-0.05, 0) is 23.4 Å². The summed E-state index contributed by atoms with van der Waals surface area (Å²) in [6, 6.07) is 7.99. The SMILES string of the molecule is CC(C)COC(=O)CCc1nccc2c(Br)cccc12. The molecule has 0 fully saturated rings. The number of esters is 1. The van der Waals surface area contributed by atoms with E-state index in [9.17, 15) is 4.79 Å². The topological polar surface area (TPSA) is 39.2 Å². The Morgan fingerprint density at radius 3 is 2.85 bits per heavy atom. The number of hydrogen-bond acceptors (Lipinski definition) is 3. The third-order valence-corrected chi connectivity index (χ3v) is 3.67. The van der Waals surface area contributed by atoms with Gasteiger partial charge in [0.25, 0.3) is 0 Å². The van der Waals surface area contributed by atoms with Crippen molar-refractivity contribution in [1.82, 2.24) is 4.98 Å². The predicted molar refractivity (Wildman–Crippen MR) is 83.6 cm³/mol. The standard InChI is InChI=1S/C16H18BrNO2/c1-11(2)10-20-16(19)7-6-15-13-4-3-5-14(17)12(13)8-9-18-15/h3-5,8-9,11H,6-7,10H2,1-2H3. The van der Waals surface area contributed by atoms with Crippen LogP contribution in [0.3, 0.4) is 0 Å². The molecule has 0 unspecified atom stereocenters. The number of aryl methyl sites for hydroxylation is 1. The number of benzene rings is 1. The summed E-state index contributed by atoms with van der Waals surface area (Å²) in [6.07, 6.45) is 2.75. The zero-order valence-corrected chi connectivity index (χ0v) is 13.3. The van der Waals surface area contributed by atoms with Crippen molar-refractivity contribution in [3.8, 4) is 0 Å². The van der Waals surface area contributed by atoms with Crippen molar-refractivity contribution >= 4 is 32.7 Å². The fourth-order valence-corrected chi connectivity index (χ4v) is 2.48. The fraction of sp³-hybridized carbons (Fsp3) is 0.375. The van der Waals surface area contributed by atoms with E-state index >= 15 is 0 Å². The van der Waals surface area contributed by atoms with Crippen molar-refractivity contribution in [2.45, 2.75) is 26.7 Å². The number of aromatic nitrogens is 1. The number of nitrogens with zero attached hydrogens (tertiary/aromatic N) is 1. The van der Waals surface area contributed by atoms with Crippen LogP contribution in [0.5, 0.6) is 0 Å². The molecular weight excluding hydrogens is 318 g/mol. The van der Waals surface area contributed by atoms with Gasteiger partial charge in [-0.3, -0.25) is 9.78 Å². The Morgan fingerprint density at radius 1 is 1.30 bits per heavy atom. The highest BCUT2D eigenvalue weighted by molar-refractivity contribution is 9.10. The predicted octanol–water partition coefficient (Wildman–Crippen LogP) is 4.13. The summed E-state index contributed by atoms with van der Waals surface area (Å²) in [5, 5.41) is 2.20. The highest BCUT2D eigenvalue weighted by Crippen LogP contribution is 2.25. The highest BCUT2D eigenvalue weighted by Gasteiger charge is 2.09. The molecule has 0 saturated heterocycles. The van der Waals surface area contributed by atoms with Gasteiger partial charge in [0.2, 0.25) is 0 Å². The Kier molecular flexibility index (Phi) is 5.12. The number of hydrogen-bond donors (Lipinski definition) is 0. The van der Waals surface area contributed by atoms with Crippen LogP contribution >= 0.6 is 15.9 Å². The largest absolute Gasteiger partial charge is 0.465 e. The van der Waals surface area contributed by atoms with Crippen LogP contribution in [0.25, 0.3) is 10.8 Å². The Hall–Kier alpha value is -1.42. The van der Waals surface area contributed by atoms with Gasteiger partial charge in [0.15, 0.2) is 0 Å². The maximum Gasteiger partial charge on any atom is 0.306 e. The number of halogens is 1. The molecule has 0 aliphatic rings. The molecule has 2 rings (SSSR count). The molecule has 106 valence electrons. The Labute approximate surface area is 127 Å². The second-order valence-electron chi connectivity index (χ2n) is 5.17. The van der Waals surface area contributed by atoms with Gasteiger partial charge in [0, 0.05) is 28.2 Å². The summed E-state index contributed by atoms with van der Waals surface area (Å²) in [6.45, 7) is 4.53. The Balaban J connectivity index is 2.07. The van der Waals surface area contributed by atoms with Crippen LogP contribution in [-0.2, 0) is 16.0 Å². The molecule has 0 spiro atoms. The molecule has 0 radical (unpaired) electrons. The van der Waals surface area contributed by atoms with E-state index in [0.717, 1.165) is 20.9 Å². The zero-order valence-electron chi connectivity index (χ0n) is 11.7. The molecule has 1 heterocycles. The van der Waals surface area contributed by atoms with E-state index in [2.05, 4.69) is 20.9 Å². The molecule has 1 aromatic carbocycles. The van der Waals surface area contributed by atoms with E-state index in [0.29, 0.717) is 25.4 Å². The molecule has 4 heteroatoms. The lowest BCUT2D eigenvalue weighted by molar-refractivity contribution is -0.144. The lowest BCUT2D eigenvalue weighted by Gasteiger charge is -2.08. The van der Waals surface area contributed by atoms with Crippen LogP contribution in [-0.4, -0.2) is 17.6 Å². The van der Waals surface area contributed by atoms with Crippen molar-refractivity contribution in [2.24, 2.45) is 5.92 Å². The van der Waals surface area contributed by atoms with Crippen LogP contribution in [0.2, 0.25) is 0 Å². The van der Waals surface area contributed by atoms with Gasteiger partial charge >= 0.3 is 5.97 Å². The molecule has 0 aliphatic carbocycles. The van der Waals surface area contributed by atoms with Gasteiger partial charge in [0.05, 0.1) is 13.0 Å². The minimum atomic E-state index is -0.160. The van der Waals surface area contributed by atoms with Gasteiger partial charge in [-0.15, -0.1) is 0 Å². The summed E-state index contributed by atoms with van der Waals surface area (Å²) >= 11 is 3.53. The highest BCUT2D eigenvalue weighted by atomic mass is 79.9. The molecule has 2 aromatic rings. The first-order valence-electron chi connectivity index (χ1n) is 6.75. The molecule has 0 saturated carbocycles. The van der Waals surface area contributed by atoms with Gasteiger partial charge in [-0.25, -0.2) is 0 Å². The van der Waals surface area contributed by atoms with E-state index in [1.807, 2.05) is 38.1 Å². The molecule has 0 bridgehead atoms. The average molecular weight is 336 g/mol. The second kappa shape index (κ2) is 6.84. The van der Waals surface area contributed by atoms with Gasteiger partial charge in [0.1, 0.15) is 0 Å². The fourth-order valence-electron chi connectivity index (χ4n) is 1.98. The van der Waals surface area contributed by atoms with Crippen LogP contribution in [0.15, 0.2) is 34.9 Å². The van der Waals surface area contributed by atoms with Gasteiger partial charge < -0.3 is 4.74 Å². The van der Waals surface area contributed by atoms with Gasteiger partial charge in [-0.1, -0.05) is 41.9 Å². The normalized spacial score (nSPS) is 11.0. The van der Waals surface area contributed by atoms with Crippen LogP contribution in [0, 0.1) is 5.92 Å². The lowest BCUT2D eigenvalue weighted by atomic mass is 10.1. The first-order chi connectivity index (χ1) is 9.58. The number of carbonyl (C=O) groups excluding carboxylic acids is 1. The summed E-state index contributed by atoms with van der Waals surface area (Å²) < 4.78 is 6.23. The summed E-state index contributed by atoms with van der Waals surface area (Å²) in [5.41, 5.74) is 0.935.